The molecule has 3 rings (SSSR count). The molecule has 0 saturated carbocycles. The fraction of sp³-hybridized carbons (Fsp3) is 0.0526. The molecule has 1 amide bonds. The molecule has 126 valence electrons. The van der Waals surface area contributed by atoms with Crippen molar-refractivity contribution >= 4 is 35.1 Å². The van der Waals surface area contributed by atoms with Crippen LogP contribution in [0, 0.1) is 0 Å². The van der Waals surface area contributed by atoms with Crippen LogP contribution in [0.3, 0.4) is 0 Å². The summed E-state index contributed by atoms with van der Waals surface area (Å²) in [5.41, 5.74) is 4.96. The van der Waals surface area contributed by atoms with Gasteiger partial charge in [0.25, 0.3) is 5.91 Å². The van der Waals surface area contributed by atoms with Crippen molar-refractivity contribution in [3.05, 3.63) is 86.6 Å². The van der Waals surface area contributed by atoms with Gasteiger partial charge in [-0.1, -0.05) is 41.9 Å². The van der Waals surface area contributed by atoms with E-state index in [-0.39, 0.29) is 11.7 Å². The molecule has 6 heteroatoms. The van der Waals surface area contributed by atoms with Crippen molar-refractivity contribution in [2.24, 2.45) is 5.10 Å². The second kappa shape index (κ2) is 7.96. The van der Waals surface area contributed by atoms with Gasteiger partial charge in [0.05, 0.1) is 11.1 Å². The zero-order valence-electron chi connectivity index (χ0n) is 13.1. The normalized spacial score (nSPS) is 10.9. The number of phenolic OH excluding ortho intramolecular Hbond substituents is 1. The third kappa shape index (κ3) is 4.47. The van der Waals surface area contributed by atoms with E-state index in [4.69, 9.17) is 11.6 Å². The number of nitrogens with zero attached hydrogens (tertiary/aromatic N) is 1. The second-order valence-corrected chi connectivity index (χ2v) is 6.69. The van der Waals surface area contributed by atoms with Crippen LogP contribution in [0.1, 0.15) is 26.4 Å². The maximum absolute atomic E-state index is 11.8. The molecule has 1 aromatic heterocycles. The molecule has 4 nitrogen and oxygen atoms in total. The van der Waals surface area contributed by atoms with Crippen molar-refractivity contribution in [1.82, 2.24) is 5.43 Å². The highest BCUT2D eigenvalue weighted by Gasteiger charge is 2.06. The summed E-state index contributed by atoms with van der Waals surface area (Å²) in [5.74, 6) is -0.185. The van der Waals surface area contributed by atoms with E-state index in [2.05, 4.69) is 10.5 Å². The van der Waals surface area contributed by atoms with Gasteiger partial charge < -0.3 is 5.11 Å². The van der Waals surface area contributed by atoms with E-state index in [1.54, 1.807) is 18.2 Å². The van der Waals surface area contributed by atoms with Gasteiger partial charge in [-0.15, -0.1) is 11.3 Å². The summed E-state index contributed by atoms with van der Waals surface area (Å²) in [7, 11) is 0. The first-order valence-corrected chi connectivity index (χ1v) is 8.81. The maximum atomic E-state index is 11.8. The Morgan fingerprint density at radius 1 is 1.20 bits per heavy atom. The number of phenols is 1. The summed E-state index contributed by atoms with van der Waals surface area (Å²) in [5, 5.41) is 16.4. The molecule has 2 N–H and O–H groups in total. The number of hydrogen-bond donors (Lipinski definition) is 2. The lowest BCUT2D eigenvalue weighted by molar-refractivity contribution is 0.0959. The van der Waals surface area contributed by atoms with E-state index >= 15 is 0 Å². The van der Waals surface area contributed by atoms with Crippen molar-refractivity contribution in [2.45, 2.75) is 6.42 Å². The van der Waals surface area contributed by atoms with Gasteiger partial charge >= 0.3 is 0 Å². The summed E-state index contributed by atoms with van der Waals surface area (Å²) in [6.45, 7) is 0. The maximum Gasteiger partial charge on any atom is 0.281 e. The van der Waals surface area contributed by atoms with E-state index in [1.165, 1.54) is 17.6 Å². The topological polar surface area (TPSA) is 61.7 Å². The van der Waals surface area contributed by atoms with Crippen LogP contribution in [-0.4, -0.2) is 17.2 Å². The predicted octanol–water partition coefficient (Wildman–Crippen LogP) is 4.46. The van der Waals surface area contributed by atoms with E-state index in [0.717, 1.165) is 11.1 Å². The van der Waals surface area contributed by atoms with Crippen LogP contribution in [0.5, 0.6) is 5.75 Å². The third-order valence-electron chi connectivity index (χ3n) is 3.56. The lowest BCUT2D eigenvalue weighted by Gasteiger charge is -2.06. The first-order valence-electron chi connectivity index (χ1n) is 7.55. The number of rotatable bonds is 5. The van der Waals surface area contributed by atoms with E-state index in [9.17, 15) is 9.90 Å². The standard InChI is InChI=1S/C19H15ClN2O2S/c20-16-5-2-1-4-14(16)10-13-7-8-17(23)15(11-13)12-21-22-19(24)18-6-3-9-25-18/h1-9,11-12,23H,10H2,(H,22,24)/b21-12+. The lowest BCUT2D eigenvalue weighted by Crippen LogP contribution is -2.16. The molecule has 0 atom stereocenters. The number of hydrogen-bond acceptors (Lipinski definition) is 4. The minimum absolute atomic E-state index is 0.0945. The zero-order chi connectivity index (χ0) is 17.6. The van der Waals surface area contributed by atoms with Crippen LogP contribution >= 0.6 is 22.9 Å². The van der Waals surface area contributed by atoms with Crippen LogP contribution in [0.25, 0.3) is 0 Å². The Kier molecular flexibility index (Phi) is 5.48. The third-order valence-corrected chi connectivity index (χ3v) is 4.80. The molecule has 2 aromatic carbocycles. The molecule has 0 bridgehead atoms. The minimum atomic E-state index is -0.280. The summed E-state index contributed by atoms with van der Waals surface area (Å²) in [6.07, 6.45) is 2.07. The number of benzene rings is 2. The van der Waals surface area contributed by atoms with Crippen LogP contribution in [0.4, 0.5) is 0 Å². The number of aromatic hydroxyl groups is 1. The largest absolute Gasteiger partial charge is 0.507 e. The van der Waals surface area contributed by atoms with Gasteiger partial charge in [0.2, 0.25) is 0 Å². The average Bonchev–Trinajstić information content (AvgIpc) is 3.14. The Morgan fingerprint density at radius 3 is 2.80 bits per heavy atom. The molecule has 0 aliphatic rings. The minimum Gasteiger partial charge on any atom is -0.507 e. The van der Waals surface area contributed by atoms with Gasteiger partial charge in [0.1, 0.15) is 5.75 Å². The Hall–Kier alpha value is -2.63. The van der Waals surface area contributed by atoms with Crippen molar-refractivity contribution in [2.75, 3.05) is 0 Å². The molecule has 0 aliphatic carbocycles. The molecule has 0 radical (unpaired) electrons. The molecule has 0 saturated heterocycles. The van der Waals surface area contributed by atoms with Gasteiger partial charge in [0, 0.05) is 10.6 Å². The van der Waals surface area contributed by atoms with Gasteiger partial charge in [-0.05, 0) is 47.2 Å². The molecular weight excluding hydrogens is 356 g/mol. The van der Waals surface area contributed by atoms with Gasteiger partial charge in [-0.2, -0.15) is 5.10 Å². The van der Waals surface area contributed by atoms with E-state index in [1.807, 2.05) is 41.8 Å². The molecule has 1 heterocycles. The van der Waals surface area contributed by atoms with Crippen molar-refractivity contribution in [3.63, 3.8) is 0 Å². The summed E-state index contributed by atoms with van der Waals surface area (Å²) >= 11 is 7.53. The fourth-order valence-electron chi connectivity index (χ4n) is 2.30. The smallest absolute Gasteiger partial charge is 0.281 e. The van der Waals surface area contributed by atoms with E-state index in [0.29, 0.717) is 21.9 Å². The number of nitrogens with one attached hydrogen (secondary N) is 1. The number of carbonyl (C=O) groups excluding carboxylic acids is 1. The predicted molar refractivity (Wildman–Crippen MR) is 102 cm³/mol. The lowest BCUT2D eigenvalue weighted by atomic mass is 10.0. The molecule has 0 spiro atoms. The van der Waals surface area contributed by atoms with Crippen LogP contribution in [0.15, 0.2) is 65.1 Å². The number of amides is 1. The van der Waals surface area contributed by atoms with E-state index < -0.39 is 0 Å². The highest BCUT2D eigenvalue weighted by molar-refractivity contribution is 7.12. The van der Waals surface area contributed by atoms with Crippen LogP contribution in [-0.2, 0) is 6.42 Å². The van der Waals surface area contributed by atoms with Gasteiger partial charge in [0.15, 0.2) is 0 Å². The van der Waals surface area contributed by atoms with Gasteiger partial charge in [-0.3, -0.25) is 4.79 Å². The molecule has 0 unspecified atom stereocenters. The van der Waals surface area contributed by atoms with Crippen LogP contribution in [0.2, 0.25) is 5.02 Å². The highest BCUT2D eigenvalue weighted by Crippen LogP contribution is 2.22. The molecule has 3 aromatic rings. The van der Waals surface area contributed by atoms with Crippen molar-refractivity contribution < 1.29 is 9.90 Å². The monoisotopic (exact) mass is 370 g/mol. The Bertz CT molecular complexity index is 908. The van der Waals surface area contributed by atoms with Gasteiger partial charge in [-0.25, -0.2) is 5.43 Å². The Balaban J connectivity index is 1.72. The Morgan fingerprint density at radius 2 is 2.04 bits per heavy atom. The zero-order valence-corrected chi connectivity index (χ0v) is 14.7. The first-order chi connectivity index (χ1) is 12.1. The number of halogens is 1. The fourth-order valence-corrected chi connectivity index (χ4v) is 3.12. The summed E-state index contributed by atoms with van der Waals surface area (Å²) in [6, 6.07) is 16.4. The highest BCUT2D eigenvalue weighted by atomic mass is 35.5. The molecule has 0 fully saturated rings. The van der Waals surface area contributed by atoms with Crippen molar-refractivity contribution in [3.8, 4) is 5.75 Å². The number of hydrazone groups is 1. The second-order valence-electron chi connectivity index (χ2n) is 5.34. The molecular formula is C19H15ClN2O2S. The SMILES string of the molecule is O=C(N/N=C/c1cc(Cc2ccccc2Cl)ccc1O)c1cccs1. The number of thiophene rings is 1. The first kappa shape index (κ1) is 17.2. The summed E-state index contributed by atoms with van der Waals surface area (Å²) < 4.78 is 0. The molecule has 25 heavy (non-hydrogen) atoms. The Labute approximate surface area is 154 Å². The average molecular weight is 371 g/mol. The summed E-state index contributed by atoms with van der Waals surface area (Å²) in [4.78, 5) is 12.4. The molecule has 0 aliphatic heterocycles. The quantitative estimate of drug-likeness (QED) is 0.514. The van der Waals surface area contributed by atoms with Crippen LogP contribution < -0.4 is 5.43 Å². The van der Waals surface area contributed by atoms with Crippen molar-refractivity contribution in [1.29, 1.82) is 0 Å². The number of carbonyl (C=O) groups is 1.